The predicted molar refractivity (Wildman–Crippen MR) is 98.4 cm³/mol. The first-order valence-corrected chi connectivity index (χ1v) is 9.13. The van der Waals surface area contributed by atoms with E-state index in [1.165, 1.54) is 0 Å². The number of hydrogen-bond acceptors (Lipinski definition) is 3. The molecule has 126 valence electrons. The predicted octanol–water partition coefficient (Wildman–Crippen LogP) is 4.59. The standard InChI is InChI=1S/C20H23NO2S/c1-14(24-15-9-5-4-6-10-15)19(22)21-17-13-20(2,3)23-18-12-8-7-11-16(17)18/h4-12,14,17H,13H2,1-3H3,(H,21,22). The number of nitrogens with one attached hydrogen (secondary N) is 1. The number of hydrogen-bond donors (Lipinski definition) is 1. The van der Waals surface area contributed by atoms with E-state index in [0.717, 1.165) is 22.6 Å². The summed E-state index contributed by atoms with van der Waals surface area (Å²) in [4.78, 5) is 13.8. The van der Waals surface area contributed by atoms with Gasteiger partial charge in [0.15, 0.2) is 0 Å². The van der Waals surface area contributed by atoms with Crippen molar-refractivity contribution in [1.29, 1.82) is 0 Å². The zero-order valence-electron chi connectivity index (χ0n) is 14.3. The van der Waals surface area contributed by atoms with E-state index in [1.54, 1.807) is 11.8 Å². The highest BCUT2D eigenvalue weighted by Crippen LogP contribution is 2.39. The van der Waals surface area contributed by atoms with Gasteiger partial charge in [0.25, 0.3) is 0 Å². The number of para-hydroxylation sites is 1. The van der Waals surface area contributed by atoms with Crippen LogP contribution in [-0.2, 0) is 4.79 Å². The summed E-state index contributed by atoms with van der Waals surface area (Å²) < 4.78 is 6.03. The molecule has 1 amide bonds. The zero-order chi connectivity index (χ0) is 17.2. The molecule has 3 rings (SSSR count). The number of amides is 1. The molecular formula is C20H23NO2S. The third-order valence-corrected chi connectivity index (χ3v) is 5.23. The van der Waals surface area contributed by atoms with Gasteiger partial charge in [0.05, 0.1) is 11.3 Å². The smallest absolute Gasteiger partial charge is 0.233 e. The van der Waals surface area contributed by atoms with Crippen LogP contribution in [0.25, 0.3) is 0 Å². The van der Waals surface area contributed by atoms with Gasteiger partial charge in [0, 0.05) is 16.9 Å². The molecule has 0 spiro atoms. The molecule has 4 heteroatoms. The number of thioether (sulfide) groups is 1. The van der Waals surface area contributed by atoms with E-state index in [2.05, 4.69) is 19.2 Å². The van der Waals surface area contributed by atoms with Crippen LogP contribution in [0.1, 0.15) is 38.8 Å². The Labute approximate surface area is 147 Å². The van der Waals surface area contributed by atoms with Crippen LogP contribution in [0, 0.1) is 0 Å². The summed E-state index contributed by atoms with van der Waals surface area (Å²) in [5, 5.41) is 3.06. The summed E-state index contributed by atoms with van der Waals surface area (Å²) in [5.74, 6) is 0.920. The molecule has 0 radical (unpaired) electrons. The first-order valence-electron chi connectivity index (χ1n) is 8.25. The average Bonchev–Trinajstić information content (AvgIpc) is 2.54. The number of ether oxygens (including phenoxy) is 1. The molecule has 0 saturated heterocycles. The molecule has 2 unspecified atom stereocenters. The summed E-state index contributed by atoms with van der Waals surface area (Å²) in [6.45, 7) is 6.07. The van der Waals surface area contributed by atoms with Gasteiger partial charge < -0.3 is 10.1 Å². The highest BCUT2D eigenvalue weighted by Gasteiger charge is 2.34. The molecule has 0 bridgehead atoms. The summed E-state index contributed by atoms with van der Waals surface area (Å²) in [6, 6.07) is 18.0. The van der Waals surface area contributed by atoms with Crippen LogP contribution < -0.4 is 10.1 Å². The minimum Gasteiger partial charge on any atom is -0.487 e. The minimum absolute atomic E-state index is 0.0173. The van der Waals surface area contributed by atoms with Crippen molar-refractivity contribution in [3.63, 3.8) is 0 Å². The second-order valence-corrected chi connectivity index (χ2v) is 8.15. The maximum Gasteiger partial charge on any atom is 0.233 e. The van der Waals surface area contributed by atoms with Gasteiger partial charge in [-0.05, 0) is 39.0 Å². The molecule has 1 aliphatic rings. The molecule has 2 aromatic carbocycles. The van der Waals surface area contributed by atoms with Crippen molar-refractivity contribution in [3.05, 3.63) is 60.2 Å². The van der Waals surface area contributed by atoms with E-state index in [9.17, 15) is 4.79 Å². The van der Waals surface area contributed by atoms with E-state index in [4.69, 9.17) is 4.74 Å². The topological polar surface area (TPSA) is 38.3 Å². The van der Waals surface area contributed by atoms with Crippen molar-refractivity contribution in [2.24, 2.45) is 0 Å². The molecule has 24 heavy (non-hydrogen) atoms. The zero-order valence-corrected chi connectivity index (χ0v) is 15.1. The molecule has 2 aromatic rings. The molecule has 0 fully saturated rings. The second kappa shape index (κ2) is 6.89. The molecule has 1 N–H and O–H groups in total. The van der Waals surface area contributed by atoms with Crippen LogP contribution in [0.15, 0.2) is 59.5 Å². The number of rotatable bonds is 4. The van der Waals surface area contributed by atoms with Crippen LogP contribution in [0.5, 0.6) is 5.75 Å². The van der Waals surface area contributed by atoms with Crippen LogP contribution in [0.2, 0.25) is 0 Å². The fraction of sp³-hybridized carbons (Fsp3) is 0.350. The molecular weight excluding hydrogens is 318 g/mol. The lowest BCUT2D eigenvalue weighted by Gasteiger charge is -2.38. The fourth-order valence-corrected chi connectivity index (χ4v) is 3.87. The first kappa shape index (κ1) is 16.9. The van der Waals surface area contributed by atoms with Crippen molar-refractivity contribution in [2.75, 3.05) is 0 Å². The van der Waals surface area contributed by atoms with Crippen molar-refractivity contribution in [1.82, 2.24) is 5.32 Å². The monoisotopic (exact) mass is 341 g/mol. The van der Waals surface area contributed by atoms with E-state index < -0.39 is 0 Å². The average molecular weight is 341 g/mol. The van der Waals surface area contributed by atoms with E-state index in [0.29, 0.717) is 0 Å². The fourth-order valence-electron chi connectivity index (χ4n) is 2.98. The van der Waals surface area contributed by atoms with Gasteiger partial charge in [-0.25, -0.2) is 0 Å². The highest BCUT2D eigenvalue weighted by molar-refractivity contribution is 8.00. The Morgan fingerprint density at radius 1 is 1.17 bits per heavy atom. The van der Waals surface area contributed by atoms with E-state index in [1.807, 2.05) is 61.5 Å². The van der Waals surface area contributed by atoms with Gasteiger partial charge in [-0.1, -0.05) is 36.4 Å². The lowest BCUT2D eigenvalue weighted by Crippen LogP contribution is -2.43. The summed E-state index contributed by atoms with van der Waals surface area (Å²) in [5.41, 5.74) is 0.768. The van der Waals surface area contributed by atoms with Gasteiger partial charge in [-0.15, -0.1) is 11.8 Å². The Morgan fingerprint density at radius 2 is 1.83 bits per heavy atom. The normalized spacial score (nSPS) is 19.7. The first-order chi connectivity index (χ1) is 11.4. The van der Waals surface area contributed by atoms with Crippen LogP contribution >= 0.6 is 11.8 Å². The van der Waals surface area contributed by atoms with Crippen molar-refractivity contribution >= 4 is 17.7 Å². The molecule has 0 aromatic heterocycles. The number of carbonyl (C=O) groups excluding carboxylic acids is 1. The number of fused-ring (bicyclic) bond motifs is 1. The van der Waals surface area contributed by atoms with Crippen molar-refractivity contribution in [2.45, 2.75) is 49.0 Å². The van der Waals surface area contributed by atoms with Gasteiger partial charge >= 0.3 is 0 Å². The quantitative estimate of drug-likeness (QED) is 0.827. The summed E-state index contributed by atoms with van der Waals surface area (Å²) >= 11 is 1.58. The number of benzene rings is 2. The SMILES string of the molecule is CC(Sc1ccccc1)C(=O)NC1CC(C)(C)Oc2ccccc21. The van der Waals surface area contributed by atoms with Gasteiger partial charge in [0.1, 0.15) is 11.4 Å². The van der Waals surface area contributed by atoms with Crippen molar-refractivity contribution < 1.29 is 9.53 Å². The lowest BCUT2D eigenvalue weighted by molar-refractivity contribution is -0.121. The third kappa shape index (κ3) is 3.93. The summed E-state index contributed by atoms with van der Waals surface area (Å²) in [6.07, 6.45) is 0.762. The molecule has 1 aliphatic heterocycles. The Hall–Kier alpha value is -1.94. The van der Waals surface area contributed by atoms with Crippen LogP contribution in [0.4, 0.5) is 0 Å². The largest absolute Gasteiger partial charge is 0.487 e. The Bertz CT molecular complexity index is 715. The maximum atomic E-state index is 12.7. The Morgan fingerprint density at radius 3 is 2.58 bits per heavy atom. The Balaban J connectivity index is 1.72. The van der Waals surface area contributed by atoms with Crippen LogP contribution in [0.3, 0.4) is 0 Å². The Kier molecular flexibility index (Phi) is 4.86. The highest BCUT2D eigenvalue weighted by atomic mass is 32.2. The molecule has 1 heterocycles. The molecule has 0 aliphatic carbocycles. The van der Waals surface area contributed by atoms with Crippen molar-refractivity contribution in [3.8, 4) is 5.75 Å². The minimum atomic E-state index is -0.290. The molecule has 0 saturated carbocycles. The third-order valence-electron chi connectivity index (χ3n) is 4.12. The number of carbonyl (C=O) groups is 1. The van der Waals surface area contributed by atoms with Gasteiger partial charge in [0.2, 0.25) is 5.91 Å². The van der Waals surface area contributed by atoms with E-state index >= 15 is 0 Å². The van der Waals surface area contributed by atoms with Crippen LogP contribution in [-0.4, -0.2) is 16.8 Å². The van der Waals surface area contributed by atoms with E-state index in [-0.39, 0.29) is 22.8 Å². The summed E-state index contributed by atoms with van der Waals surface area (Å²) in [7, 11) is 0. The maximum absolute atomic E-state index is 12.7. The lowest BCUT2D eigenvalue weighted by atomic mass is 9.89. The van der Waals surface area contributed by atoms with Gasteiger partial charge in [-0.2, -0.15) is 0 Å². The molecule has 2 atom stereocenters. The van der Waals surface area contributed by atoms with Gasteiger partial charge in [-0.3, -0.25) is 4.79 Å². The molecule has 3 nitrogen and oxygen atoms in total. The second-order valence-electron chi connectivity index (χ2n) is 6.74.